The van der Waals surface area contributed by atoms with Gasteiger partial charge in [0.2, 0.25) is 0 Å². The van der Waals surface area contributed by atoms with E-state index in [1.54, 1.807) is 12.1 Å². The van der Waals surface area contributed by atoms with Crippen molar-refractivity contribution in [2.75, 3.05) is 6.54 Å². The van der Waals surface area contributed by atoms with E-state index in [4.69, 9.17) is 0 Å². The van der Waals surface area contributed by atoms with Gasteiger partial charge in [0.05, 0.1) is 0 Å². The van der Waals surface area contributed by atoms with Crippen molar-refractivity contribution >= 4 is 5.97 Å². The first-order valence-electron chi connectivity index (χ1n) is 5.34. The number of carboxylic acids is 1. The summed E-state index contributed by atoms with van der Waals surface area (Å²) in [6.07, 6.45) is 0.445. The van der Waals surface area contributed by atoms with Gasteiger partial charge in [0, 0.05) is 0 Å². The SMILES string of the molecule is CCNC(CC)(C(=O)O)c1ccc(O)cc1. The number of hydrogen-bond donors (Lipinski definition) is 3. The Morgan fingerprint density at radius 2 is 1.88 bits per heavy atom. The van der Waals surface area contributed by atoms with Crippen molar-refractivity contribution in [3.8, 4) is 5.75 Å². The Morgan fingerprint density at radius 3 is 2.25 bits per heavy atom. The Kier molecular flexibility index (Phi) is 3.90. The molecule has 0 aromatic heterocycles. The van der Waals surface area contributed by atoms with Crippen molar-refractivity contribution in [3.05, 3.63) is 29.8 Å². The summed E-state index contributed by atoms with van der Waals surface area (Å²) in [5.41, 5.74) is -0.412. The third kappa shape index (κ3) is 2.17. The summed E-state index contributed by atoms with van der Waals surface area (Å²) >= 11 is 0. The lowest BCUT2D eigenvalue weighted by molar-refractivity contribution is -0.145. The molecule has 1 rings (SSSR count). The maximum atomic E-state index is 11.4. The molecule has 4 nitrogen and oxygen atoms in total. The average Bonchev–Trinajstić information content (AvgIpc) is 2.27. The van der Waals surface area contributed by atoms with Crippen LogP contribution in [0.25, 0.3) is 0 Å². The normalized spacial score (nSPS) is 14.4. The maximum Gasteiger partial charge on any atom is 0.328 e. The fraction of sp³-hybridized carbons (Fsp3) is 0.417. The highest BCUT2D eigenvalue weighted by molar-refractivity contribution is 5.80. The number of carboxylic acid groups (broad SMARTS) is 1. The number of aromatic hydroxyl groups is 1. The standard InChI is InChI=1S/C12H17NO3/c1-3-12(11(15)16,13-4-2)9-5-7-10(14)8-6-9/h5-8,13-14H,3-4H2,1-2H3,(H,15,16). The van der Waals surface area contributed by atoms with Gasteiger partial charge in [-0.3, -0.25) is 5.32 Å². The molecule has 0 aliphatic carbocycles. The molecule has 0 amide bonds. The minimum atomic E-state index is -1.07. The zero-order chi connectivity index (χ0) is 12.2. The molecule has 1 atom stereocenters. The average molecular weight is 223 g/mol. The lowest BCUT2D eigenvalue weighted by Gasteiger charge is -2.29. The second kappa shape index (κ2) is 4.99. The lowest BCUT2D eigenvalue weighted by atomic mass is 9.87. The van der Waals surface area contributed by atoms with Crippen molar-refractivity contribution in [1.29, 1.82) is 0 Å². The number of hydrogen-bond acceptors (Lipinski definition) is 3. The molecule has 0 saturated carbocycles. The predicted molar refractivity (Wildman–Crippen MR) is 61.4 cm³/mol. The van der Waals surface area contributed by atoms with Gasteiger partial charge >= 0.3 is 5.97 Å². The molecule has 0 aliphatic rings. The van der Waals surface area contributed by atoms with Crippen LogP contribution in [-0.4, -0.2) is 22.7 Å². The van der Waals surface area contributed by atoms with Crippen LogP contribution >= 0.6 is 0 Å². The van der Waals surface area contributed by atoms with Gasteiger partial charge < -0.3 is 10.2 Å². The monoisotopic (exact) mass is 223 g/mol. The molecule has 0 fully saturated rings. The highest BCUT2D eigenvalue weighted by Gasteiger charge is 2.37. The number of carbonyl (C=O) groups is 1. The highest BCUT2D eigenvalue weighted by atomic mass is 16.4. The molecule has 3 N–H and O–H groups in total. The quantitative estimate of drug-likeness (QED) is 0.710. The van der Waals surface area contributed by atoms with E-state index in [0.29, 0.717) is 18.5 Å². The van der Waals surface area contributed by atoms with E-state index in [-0.39, 0.29) is 5.75 Å². The molecule has 0 spiro atoms. The minimum Gasteiger partial charge on any atom is -0.508 e. The lowest BCUT2D eigenvalue weighted by Crippen LogP contribution is -2.48. The fourth-order valence-corrected chi connectivity index (χ4v) is 1.83. The molecular formula is C12H17NO3. The Labute approximate surface area is 94.9 Å². The summed E-state index contributed by atoms with van der Waals surface area (Å²) in [5.74, 6) is -0.766. The van der Waals surface area contributed by atoms with Crippen molar-refractivity contribution in [2.24, 2.45) is 0 Å². The molecule has 1 aromatic carbocycles. The summed E-state index contributed by atoms with van der Waals surface area (Å²) < 4.78 is 0. The van der Waals surface area contributed by atoms with Crippen LogP contribution in [0.2, 0.25) is 0 Å². The Bertz CT molecular complexity index is 361. The minimum absolute atomic E-state index is 0.135. The van der Waals surface area contributed by atoms with Gasteiger partial charge in [-0.25, -0.2) is 4.79 Å². The van der Waals surface area contributed by atoms with E-state index < -0.39 is 11.5 Å². The molecule has 16 heavy (non-hydrogen) atoms. The summed E-state index contributed by atoms with van der Waals surface area (Å²) in [5, 5.41) is 21.5. The first kappa shape index (κ1) is 12.5. The second-order valence-electron chi connectivity index (χ2n) is 3.64. The van der Waals surface area contributed by atoms with Gasteiger partial charge in [-0.05, 0) is 30.7 Å². The van der Waals surface area contributed by atoms with Crippen LogP contribution in [0.4, 0.5) is 0 Å². The number of phenolic OH excluding ortho intramolecular Hbond substituents is 1. The summed E-state index contributed by atoms with van der Waals surface area (Å²) in [7, 11) is 0. The third-order valence-corrected chi connectivity index (χ3v) is 2.73. The van der Waals surface area contributed by atoms with Crippen LogP contribution in [0.3, 0.4) is 0 Å². The molecule has 0 saturated heterocycles. The zero-order valence-corrected chi connectivity index (χ0v) is 9.53. The predicted octanol–water partition coefficient (Wildman–Crippen LogP) is 1.69. The maximum absolute atomic E-state index is 11.4. The van der Waals surface area contributed by atoms with Crippen LogP contribution in [0, 0.1) is 0 Å². The van der Waals surface area contributed by atoms with E-state index in [9.17, 15) is 15.0 Å². The van der Waals surface area contributed by atoms with Crippen molar-refractivity contribution in [2.45, 2.75) is 25.8 Å². The van der Waals surface area contributed by atoms with E-state index in [0.717, 1.165) is 0 Å². The number of likely N-dealkylation sites (N-methyl/N-ethyl adjacent to an activating group) is 1. The fourth-order valence-electron chi connectivity index (χ4n) is 1.83. The summed E-state index contributed by atoms with van der Waals surface area (Å²) in [4.78, 5) is 11.4. The highest BCUT2D eigenvalue weighted by Crippen LogP contribution is 2.26. The number of nitrogens with one attached hydrogen (secondary N) is 1. The largest absolute Gasteiger partial charge is 0.508 e. The number of aliphatic carboxylic acids is 1. The van der Waals surface area contributed by atoms with Crippen LogP contribution in [0.1, 0.15) is 25.8 Å². The zero-order valence-electron chi connectivity index (χ0n) is 9.53. The molecule has 0 heterocycles. The molecule has 0 bridgehead atoms. The van der Waals surface area contributed by atoms with Gasteiger partial charge in [-0.15, -0.1) is 0 Å². The van der Waals surface area contributed by atoms with E-state index >= 15 is 0 Å². The van der Waals surface area contributed by atoms with Gasteiger partial charge in [0.25, 0.3) is 0 Å². The van der Waals surface area contributed by atoms with Crippen molar-refractivity contribution in [3.63, 3.8) is 0 Å². The smallest absolute Gasteiger partial charge is 0.328 e. The van der Waals surface area contributed by atoms with E-state index in [2.05, 4.69) is 5.32 Å². The number of benzene rings is 1. The van der Waals surface area contributed by atoms with E-state index in [1.165, 1.54) is 12.1 Å². The van der Waals surface area contributed by atoms with Gasteiger partial charge in [0.1, 0.15) is 11.3 Å². The van der Waals surface area contributed by atoms with Crippen molar-refractivity contribution in [1.82, 2.24) is 5.32 Å². The molecule has 0 aliphatic heterocycles. The van der Waals surface area contributed by atoms with Gasteiger partial charge in [0.15, 0.2) is 0 Å². The first-order chi connectivity index (χ1) is 7.56. The first-order valence-corrected chi connectivity index (χ1v) is 5.34. The molecule has 1 unspecified atom stereocenters. The van der Waals surface area contributed by atoms with Crippen LogP contribution < -0.4 is 5.32 Å². The molecular weight excluding hydrogens is 206 g/mol. The number of rotatable bonds is 5. The van der Waals surface area contributed by atoms with Crippen LogP contribution in [0.5, 0.6) is 5.75 Å². The summed E-state index contributed by atoms with van der Waals surface area (Å²) in [6, 6.07) is 6.27. The summed E-state index contributed by atoms with van der Waals surface area (Å²) in [6.45, 7) is 4.26. The topological polar surface area (TPSA) is 69.6 Å². The molecule has 88 valence electrons. The van der Waals surface area contributed by atoms with Crippen LogP contribution in [0.15, 0.2) is 24.3 Å². The van der Waals surface area contributed by atoms with Crippen molar-refractivity contribution < 1.29 is 15.0 Å². The Balaban J connectivity index is 3.18. The molecule has 4 heteroatoms. The van der Waals surface area contributed by atoms with Crippen LogP contribution in [-0.2, 0) is 10.3 Å². The van der Waals surface area contributed by atoms with Gasteiger partial charge in [-0.2, -0.15) is 0 Å². The molecule has 1 aromatic rings. The second-order valence-corrected chi connectivity index (χ2v) is 3.64. The number of phenols is 1. The Morgan fingerprint density at radius 1 is 1.31 bits per heavy atom. The van der Waals surface area contributed by atoms with Gasteiger partial charge in [-0.1, -0.05) is 26.0 Å². The van der Waals surface area contributed by atoms with E-state index in [1.807, 2.05) is 13.8 Å². The third-order valence-electron chi connectivity index (χ3n) is 2.73. The molecule has 0 radical (unpaired) electrons. The Hall–Kier alpha value is -1.55.